The Morgan fingerprint density at radius 1 is 0.640 bits per heavy atom. The molecule has 29 heteroatoms. The molecule has 3 aromatic rings. The Bertz CT molecular complexity index is 2160. The first-order chi connectivity index (χ1) is 35.2. The molecule has 9 unspecified atom stereocenters. The van der Waals surface area contributed by atoms with E-state index in [4.69, 9.17) is 39.1 Å². The second kappa shape index (κ2) is 33.9. The van der Waals surface area contributed by atoms with Gasteiger partial charge in [-0.25, -0.2) is 0 Å². The molecule has 0 spiro atoms. The number of rotatable bonds is 16. The van der Waals surface area contributed by atoms with Crippen molar-refractivity contribution in [3.8, 4) is 0 Å². The van der Waals surface area contributed by atoms with Crippen molar-refractivity contribution < 1.29 is 122 Å². The summed E-state index contributed by atoms with van der Waals surface area (Å²) in [5.74, 6) is -2.56. The zero-order valence-electron chi connectivity index (χ0n) is 40.9. The minimum absolute atomic E-state index is 0. The monoisotopic (exact) mass is 1440 g/mol. The number of carbonyl (C=O) groups is 6. The van der Waals surface area contributed by atoms with Crippen LogP contribution in [0.15, 0.2) is 48.6 Å². The third-order valence-corrected chi connectivity index (χ3v) is 19.7. The number of carbonyl (C=O) groups excluding carboxylic acids is 6. The largest absolute Gasteiger partial charge is 1.00 e. The molecule has 0 aromatic carbocycles. The van der Waals surface area contributed by atoms with E-state index in [-0.39, 0.29) is 118 Å². The van der Waals surface area contributed by atoms with Crippen LogP contribution < -0.4 is 28.8 Å². The molecule has 75 heavy (non-hydrogen) atoms. The molecule has 7 heterocycles. The number of quaternary nitrogens is 1. The van der Waals surface area contributed by atoms with E-state index >= 15 is 0 Å². The maximum absolute atomic E-state index is 12.2. The Balaban J connectivity index is 0.000000269. The van der Waals surface area contributed by atoms with E-state index in [0.717, 1.165) is 0 Å². The number of ether oxygens (including phenoxy) is 4. The van der Waals surface area contributed by atoms with E-state index in [0.29, 0.717) is 30.7 Å². The minimum Gasteiger partial charge on any atom is -1.00 e. The molecule has 3 aromatic heterocycles. The molecular weight excluding hydrogens is 1360 g/mol. The van der Waals surface area contributed by atoms with Crippen LogP contribution in [0.1, 0.15) is 63.1 Å². The first-order valence-corrected chi connectivity index (χ1v) is 31.1. The Morgan fingerprint density at radius 2 is 1.07 bits per heavy atom. The van der Waals surface area contributed by atoms with Crippen molar-refractivity contribution in [2.45, 2.75) is 164 Å². The molecule has 4 aliphatic heterocycles. The summed E-state index contributed by atoms with van der Waals surface area (Å²) in [6.07, 6.45) is -10.6. The zero-order chi connectivity index (χ0) is 54.6. The Labute approximate surface area is 467 Å². The van der Waals surface area contributed by atoms with Crippen LogP contribution in [0, 0.1) is 0 Å². The topological polar surface area (TPSA) is 406 Å². The minimum atomic E-state index is -1.47. The molecule has 0 aliphatic carbocycles. The van der Waals surface area contributed by atoms with Crippen LogP contribution in [0.2, 0.25) is 0 Å². The summed E-state index contributed by atoms with van der Waals surface area (Å²) in [5.41, 5.74) is 3.41. The number of aryl methyl sites for hydroxylation is 3. The Kier molecular flexibility index (Phi) is 30.2. The van der Waals surface area contributed by atoms with Crippen LogP contribution in [0.3, 0.4) is 0 Å². The van der Waals surface area contributed by atoms with Crippen molar-refractivity contribution in [1.82, 2.24) is 15.7 Å². The molecule has 0 radical (unpaired) electrons. The molecular formula is C46H67ClN4O21Te3. The van der Waals surface area contributed by atoms with Gasteiger partial charge in [0.05, 0.1) is 6.61 Å². The van der Waals surface area contributed by atoms with Crippen LogP contribution in [0.4, 0.5) is 0 Å². The van der Waals surface area contributed by atoms with Gasteiger partial charge in [0.2, 0.25) is 6.29 Å². The van der Waals surface area contributed by atoms with Gasteiger partial charge in [0.1, 0.15) is 18.3 Å². The summed E-state index contributed by atoms with van der Waals surface area (Å²) in [6, 6.07) is 9.16. The number of nitrogens with zero attached hydrogens (tertiary/aromatic N) is 1. The number of imide groups is 1. The van der Waals surface area contributed by atoms with Crippen molar-refractivity contribution in [3.05, 3.63) is 59.4 Å². The van der Waals surface area contributed by atoms with Crippen molar-refractivity contribution in [3.63, 3.8) is 0 Å². The third-order valence-electron chi connectivity index (χ3n) is 11.7. The van der Waals surface area contributed by atoms with Gasteiger partial charge in [0, 0.05) is 0 Å². The van der Waals surface area contributed by atoms with Gasteiger partial charge in [-0.15, -0.1) is 0 Å². The van der Waals surface area contributed by atoms with Gasteiger partial charge in [-0.2, -0.15) is 0 Å². The molecule has 4 aliphatic rings. The SMILES string of the molecule is CCC1OC(OC(C)=O)C(NC(=O)CCc2ccc[te]2)[C@@H](O)[C@@H]1O.O=C(CCc1ccc[te]1)NC1C(O)OC(CO)[C@@H](O)[C@@H]1O.O=C(CCc1ccc[te]1)ON1C(=O)CCC1=O.[Cl-].[NH3+]C1C(O)OC(CO)[C@@H](O)[C@@H]1O. The van der Waals surface area contributed by atoms with Gasteiger partial charge in [0.15, 0.2) is 6.04 Å². The fourth-order valence-corrected chi connectivity index (χ4v) is 13.5. The number of hydrogen-bond donors (Lipinski definition) is 13. The number of esters is 1. The van der Waals surface area contributed by atoms with Crippen molar-refractivity contribution in [1.29, 1.82) is 0 Å². The number of aliphatic hydroxyl groups excluding tert-OH is 10. The summed E-state index contributed by atoms with van der Waals surface area (Å²) in [5, 5.41) is 101. The normalized spacial score (nSPS) is 30.1. The number of hydrogen-bond acceptors (Lipinski definition) is 21. The van der Waals surface area contributed by atoms with Crippen molar-refractivity contribution >= 4 is 96.9 Å². The predicted molar refractivity (Wildman–Crippen MR) is 256 cm³/mol. The van der Waals surface area contributed by atoms with E-state index in [1.165, 1.54) is 17.7 Å². The summed E-state index contributed by atoms with van der Waals surface area (Å²) in [6.45, 7) is 2.05. The summed E-state index contributed by atoms with van der Waals surface area (Å²) < 4.78 is 30.6. The smallest absolute Gasteiger partial charge is 0.211 e. The van der Waals surface area contributed by atoms with E-state index in [2.05, 4.69) is 28.6 Å². The Hall–Kier alpha value is -2.44. The standard InChI is InChI=1S/C16H23NO6Te.C13H19NO6Te.C11H11NO4Te.C6H13NO5.ClH/c1-3-11-14(20)15(21)13(16(23-11)22-9(2)18)17-12(19)7-6-10-5-4-8-24-10;15-6-8-11(17)12(18)10(13(19)20-8)14-9(16)4-3-7-2-1-5-21-7;13-9-4-5-10(14)12(9)16-11(15)6-3-8-2-1-7-17-8;7-3-5(10)4(9)2(1-8)12-6(3)11;/h4-5,8,11,13-16,20-21H,3,6-7H2,1-2H3,(H,17,19);1-2,5,8,10-13,15,17-19H,3-4,6H2,(H,14,16);1-2,7H,3-6H2;2-6,8-11H,1,7H2;1H/t11?,13?,14-,15-,16?;8?,10?,11-,12-,13?;;2?,3?,4-,5-,6?;/m11.1./s1. The van der Waals surface area contributed by atoms with Crippen LogP contribution in [0.25, 0.3) is 0 Å². The second-order valence-electron chi connectivity index (χ2n) is 17.1. The van der Waals surface area contributed by atoms with Crippen LogP contribution in [-0.2, 0) is 71.8 Å². The Morgan fingerprint density at radius 3 is 1.51 bits per heavy atom. The number of halogens is 1. The first kappa shape index (κ1) is 66.8. The van der Waals surface area contributed by atoms with E-state index in [9.17, 15) is 64.5 Å². The molecule has 4 fully saturated rings. The molecule has 15 N–H and O–H groups in total. The van der Waals surface area contributed by atoms with Gasteiger partial charge < -0.3 is 43.3 Å². The average molecular weight is 1430 g/mol. The van der Waals surface area contributed by atoms with Crippen LogP contribution >= 0.6 is 0 Å². The number of nitrogens with one attached hydrogen (secondary N) is 2. The third kappa shape index (κ3) is 20.9. The van der Waals surface area contributed by atoms with E-state index in [1.54, 1.807) is 6.92 Å². The first-order valence-electron chi connectivity index (χ1n) is 23.5. The predicted octanol–water partition coefficient (Wildman–Crippen LogP) is -9.51. The maximum Gasteiger partial charge on any atom is 0.211 e. The summed E-state index contributed by atoms with van der Waals surface area (Å²) in [7, 11) is 0. The maximum atomic E-state index is 12.2. The molecule has 4 amide bonds. The van der Waals surface area contributed by atoms with Crippen LogP contribution in [-0.4, -0.2) is 258 Å². The molecule has 0 bridgehead atoms. The molecule has 422 valence electrons. The van der Waals surface area contributed by atoms with Crippen molar-refractivity contribution in [2.75, 3.05) is 13.2 Å². The molecule has 7 rings (SSSR count). The quantitative estimate of drug-likeness (QED) is 0.0360. The number of amides is 4. The van der Waals surface area contributed by atoms with E-state index < -0.39 is 129 Å². The molecule has 25 nitrogen and oxygen atoms in total. The van der Waals surface area contributed by atoms with E-state index in [1.807, 2.05) is 36.4 Å². The summed E-state index contributed by atoms with van der Waals surface area (Å²) >= 11 is -0.781. The van der Waals surface area contributed by atoms with Crippen molar-refractivity contribution in [2.24, 2.45) is 0 Å². The zero-order valence-corrected chi connectivity index (χ0v) is 48.6. The van der Waals surface area contributed by atoms with Gasteiger partial charge in [0.25, 0.3) is 0 Å². The van der Waals surface area contributed by atoms with Gasteiger partial charge in [-0.1, -0.05) is 0 Å². The fraction of sp³-hybridized carbons (Fsp3) is 0.609. The second-order valence-corrected chi connectivity index (χ2v) is 26.0. The number of hydroxylamine groups is 2. The fourth-order valence-electron chi connectivity index (χ4n) is 7.48. The molecule has 4 saturated heterocycles. The molecule has 15 atom stereocenters. The average Bonchev–Trinajstić information content (AvgIpc) is 4.25. The van der Waals surface area contributed by atoms with Gasteiger partial charge >= 0.3 is 390 Å². The van der Waals surface area contributed by atoms with Gasteiger partial charge in [-0.05, 0) is 0 Å². The van der Waals surface area contributed by atoms with Crippen LogP contribution in [0.5, 0.6) is 0 Å². The molecule has 0 saturated carbocycles. The van der Waals surface area contributed by atoms with Gasteiger partial charge in [-0.3, -0.25) is 0 Å². The number of aliphatic hydroxyl groups is 10. The summed E-state index contributed by atoms with van der Waals surface area (Å²) in [4.78, 5) is 73.9.